The third-order valence-corrected chi connectivity index (χ3v) is 4.90. The van der Waals surface area contributed by atoms with Gasteiger partial charge in [-0.15, -0.1) is 0 Å². The van der Waals surface area contributed by atoms with Gasteiger partial charge in [-0.05, 0) is 36.8 Å². The van der Waals surface area contributed by atoms with E-state index in [9.17, 15) is 14.0 Å². The third-order valence-electron chi connectivity index (χ3n) is 4.90. The van der Waals surface area contributed by atoms with Crippen molar-refractivity contribution < 1.29 is 9.18 Å². The summed E-state index contributed by atoms with van der Waals surface area (Å²) in [6.07, 6.45) is 0. The molecule has 4 aromatic rings. The number of carbonyl (C=O) groups is 1. The first-order valence-electron chi connectivity index (χ1n) is 9.38. The molecular weight excluding hydrogens is 367 g/mol. The molecule has 4 nitrogen and oxygen atoms in total. The quantitative estimate of drug-likeness (QED) is 0.532. The van der Waals surface area contributed by atoms with Gasteiger partial charge in [0.2, 0.25) is 0 Å². The molecule has 0 fully saturated rings. The molecular formula is C24H19FN2O2. The average Bonchev–Trinajstić information content (AvgIpc) is 2.75. The molecule has 1 N–H and O–H groups in total. The molecule has 0 saturated carbocycles. The maximum absolute atomic E-state index is 14.2. The maximum atomic E-state index is 14.2. The summed E-state index contributed by atoms with van der Waals surface area (Å²) >= 11 is 0. The zero-order chi connectivity index (χ0) is 20.4. The average molecular weight is 386 g/mol. The molecule has 0 saturated heterocycles. The number of aromatic nitrogens is 1. The summed E-state index contributed by atoms with van der Waals surface area (Å²) < 4.78 is 16.0. The molecule has 0 unspecified atom stereocenters. The highest BCUT2D eigenvalue weighted by Crippen LogP contribution is 2.29. The van der Waals surface area contributed by atoms with Crippen LogP contribution >= 0.6 is 0 Å². The van der Waals surface area contributed by atoms with Crippen LogP contribution in [0.15, 0.2) is 83.7 Å². The SMILES string of the molecule is CCn1c(NC(=O)c2ccccc2F)c(-c2ccccc2)c(=O)c2ccccc21. The number of pyridine rings is 1. The van der Waals surface area contributed by atoms with Gasteiger partial charge in [0.15, 0.2) is 5.43 Å². The van der Waals surface area contributed by atoms with Gasteiger partial charge in [-0.2, -0.15) is 0 Å². The Bertz CT molecular complexity index is 1260. The minimum Gasteiger partial charge on any atom is -0.327 e. The molecule has 3 aromatic carbocycles. The van der Waals surface area contributed by atoms with Crippen LogP contribution in [0.1, 0.15) is 17.3 Å². The zero-order valence-electron chi connectivity index (χ0n) is 15.9. The van der Waals surface area contributed by atoms with E-state index in [0.717, 1.165) is 0 Å². The minimum atomic E-state index is -0.613. The van der Waals surface area contributed by atoms with Gasteiger partial charge in [0.25, 0.3) is 5.91 Å². The Hall–Kier alpha value is -3.73. The predicted octanol–water partition coefficient (Wildman–Crippen LogP) is 5.08. The van der Waals surface area contributed by atoms with Crippen molar-refractivity contribution in [2.45, 2.75) is 13.5 Å². The fourth-order valence-electron chi connectivity index (χ4n) is 3.55. The molecule has 29 heavy (non-hydrogen) atoms. The highest BCUT2D eigenvalue weighted by molar-refractivity contribution is 6.07. The molecule has 1 amide bonds. The predicted molar refractivity (Wildman–Crippen MR) is 114 cm³/mol. The van der Waals surface area contributed by atoms with Crippen molar-refractivity contribution in [1.29, 1.82) is 0 Å². The number of nitrogens with one attached hydrogen (secondary N) is 1. The lowest BCUT2D eigenvalue weighted by Gasteiger charge is -2.20. The minimum absolute atomic E-state index is 0.0743. The Morgan fingerprint density at radius 3 is 2.31 bits per heavy atom. The topological polar surface area (TPSA) is 51.1 Å². The number of carbonyl (C=O) groups excluding carboxylic acids is 1. The fourth-order valence-corrected chi connectivity index (χ4v) is 3.55. The normalized spacial score (nSPS) is 10.8. The monoisotopic (exact) mass is 386 g/mol. The van der Waals surface area contributed by atoms with Gasteiger partial charge in [0, 0.05) is 11.9 Å². The zero-order valence-corrected chi connectivity index (χ0v) is 15.9. The number of amides is 1. The lowest BCUT2D eigenvalue weighted by Crippen LogP contribution is -2.23. The van der Waals surface area contributed by atoms with Crippen molar-refractivity contribution in [3.63, 3.8) is 0 Å². The highest BCUT2D eigenvalue weighted by atomic mass is 19.1. The molecule has 1 aromatic heterocycles. The summed E-state index contributed by atoms with van der Waals surface area (Å²) in [4.78, 5) is 26.2. The fraction of sp³-hybridized carbons (Fsp3) is 0.0833. The van der Waals surface area contributed by atoms with Gasteiger partial charge in [0.1, 0.15) is 11.6 Å². The Balaban J connectivity index is 2.00. The number of hydrogen-bond acceptors (Lipinski definition) is 2. The summed E-state index contributed by atoms with van der Waals surface area (Å²) in [6.45, 7) is 2.46. The van der Waals surface area contributed by atoms with Gasteiger partial charge in [-0.25, -0.2) is 4.39 Å². The number of benzene rings is 3. The Kier molecular flexibility index (Phi) is 4.96. The number of anilines is 1. The molecule has 0 aliphatic heterocycles. The third kappa shape index (κ3) is 3.31. The standard InChI is InChI=1S/C24H19FN2O2/c1-2-27-20-15-9-7-13-18(20)22(28)21(16-10-4-3-5-11-16)23(27)26-24(29)17-12-6-8-14-19(17)25/h3-15H,2H2,1H3,(H,26,29). The molecule has 0 atom stereocenters. The highest BCUT2D eigenvalue weighted by Gasteiger charge is 2.21. The smallest absolute Gasteiger partial charge is 0.259 e. The van der Waals surface area contributed by atoms with Crippen molar-refractivity contribution in [3.05, 3.63) is 100 Å². The van der Waals surface area contributed by atoms with E-state index in [1.54, 1.807) is 12.1 Å². The van der Waals surface area contributed by atoms with E-state index in [4.69, 9.17) is 0 Å². The van der Waals surface area contributed by atoms with E-state index in [1.807, 2.05) is 60.0 Å². The van der Waals surface area contributed by atoms with Gasteiger partial charge in [-0.1, -0.05) is 54.6 Å². The van der Waals surface area contributed by atoms with Crippen LogP contribution in [-0.4, -0.2) is 10.5 Å². The van der Waals surface area contributed by atoms with Crippen LogP contribution in [0.2, 0.25) is 0 Å². The first kappa shape index (κ1) is 18.6. The maximum Gasteiger partial charge on any atom is 0.259 e. The molecule has 5 heteroatoms. The molecule has 0 radical (unpaired) electrons. The van der Waals surface area contributed by atoms with Crippen LogP contribution in [0.5, 0.6) is 0 Å². The molecule has 0 aliphatic rings. The molecule has 0 aliphatic carbocycles. The molecule has 1 heterocycles. The first-order valence-corrected chi connectivity index (χ1v) is 9.38. The summed E-state index contributed by atoms with van der Waals surface area (Å²) in [5, 5.41) is 3.37. The summed E-state index contributed by atoms with van der Waals surface area (Å²) in [5.74, 6) is -0.856. The largest absolute Gasteiger partial charge is 0.327 e. The molecule has 0 spiro atoms. The van der Waals surface area contributed by atoms with Crippen molar-refractivity contribution in [1.82, 2.24) is 4.57 Å². The van der Waals surface area contributed by atoms with Gasteiger partial charge >= 0.3 is 0 Å². The van der Waals surface area contributed by atoms with Crippen molar-refractivity contribution in [2.24, 2.45) is 0 Å². The summed E-state index contributed by atoms with van der Waals surface area (Å²) in [5.41, 5.74) is 1.53. The second-order valence-corrected chi connectivity index (χ2v) is 6.61. The Morgan fingerprint density at radius 1 is 0.931 bits per heavy atom. The number of fused-ring (bicyclic) bond motifs is 1. The lowest BCUT2D eigenvalue weighted by molar-refractivity contribution is 0.102. The molecule has 0 bridgehead atoms. The summed E-state index contributed by atoms with van der Waals surface area (Å²) in [6, 6.07) is 22.2. The number of halogens is 1. The lowest BCUT2D eigenvalue weighted by atomic mass is 10.0. The van der Waals surface area contributed by atoms with Crippen LogP contribution in [0.3, 0.4) is 0 Å². The number of aryl methyl sites for hydroxylation is 1. The number of para-hydroxylation sites is 1. The van der Waals surface area contributed by atoms with Crippen molar-refractivity contribution in [3.8, 4) is 11.1 Å². The molecule has 144 valence electrons. The first-order chi connectivity index (χ1) is 14.1. The number of nitrogens with zero attached hydrogens (tertiary/aromatic N) is 1. The van der Waals surface area contributed by atoms with E-state index in [-0.39, 0.29) is 11.0 Å². The second-order valence-electron chi connectivity index (χ2n) is 6.61. The molecule has 4 rings (SSSR count). The van der Waals surface area contributed by atoms with Crippen LogP contribution in [0.25, 0.3) is 22.0 Å². The van der Waals surface area contributed by atoms with Crippen molar-refractivity contribution in [2.75, 3.05) is 5.32 Å². The van der Waals surface area contributed by atoms with Crippen molar-refractivity contribution >= 4 is 22.6 Å². The van der Waals surface area contributed by atoms with E-state index in [1.165, 1.54) is 18.2 Å². The van der Waals surface area contributed by atoms with Crippen LogP contribution in [-0.2, 0) is 6.54 Å². The summed E-state index contributed by atoms with van der Waals surface area (Å²) in [7, 11) is 0. The van der Waals surface area contributed by atoms with Gasteiger partial charge < -0.3 is 9.88 Å². The van der Waals surface area contributed by atoms with E-state index >= 15 is 0 Å². The number of rotatable bonds is 4. The van der Waals surface area contributed by atoms with Crippen LogP contribution in [0.4, 0.5) is 10.2 Å². The van der Waals surface area contributed by atoms with Crippen LogP contribution < -0.4 is 10.7 Å². The Labute approximate surface area is 167 Å². The number of hydrogen-bond donors (Lipinski definition) is 1. The van der Waals surface area contributed by atoms with Crippen LogP contribution in [0, 0.1) is 5.82 Å². The van der Waals surface area contributed by atoms with Gasteiger partial charge in [-0.3, -0.25) is 9.59 Å². The van der Waals surface area contributed by atoms with E-state index in [0.29, 0.717) is 34.4 Å². The second kappa shape index (κ2) is 7.72. The van der Waals surface area contributed by atoms with E-state index < -0.39 is 11.7 Å². The Morgan fingerprint density at radius 2 is 1.59 bits per heavy atom. The van der Waals surface area contributed by atoms with E-state index in [2.05, 4.69) is 5.32 Å². The van der Waals surface area contributed by atoms with Gasteiger partial charge in [0.05, 0.1) is 16.6 Å².